The maximum Gasteiger partial charge on any atom is 0.291 e. The first kappa shape index (κ1) is 15.8. The van der Waals surface area contributed by atoms with Crippen molar-refractivity contribution in [3.05, 3.63) is 72.3 Å². The summed E-state index contributed by atoms with van der Waals surface area (Å²) in [4.78, 5) is 16.2. The number of rotatable bonds is 5. The van der Waals surface area contributed by atoms with Crippen LogP contribution in [0.2, 0.25) is 0 Å². The second-order valence-electron chi connectivity index (χ2n) is 5.77. The van der Waals surface area contributed by atoms with Crippen molar-refractivity contribution in [1.29, 1.82) is 0 Å². The smallest absolute Gasteiger partial charge is 0.291 e. The molecule has 2 N–H and O–H groups in total. The molecule has 1 amide bonds. The highest BCUT2D eigenvalue weighted by Crippen LogP contribution is 2.20. The van der Waals surface area contributed by atoms with E-state index in [1.807, 2.05) is 18.2 Å². The molecule has 0 spiro atoms. The maximum absolute atomic E-state index is 11.9. The van der Waals surface area contributed by atoms with Crippen molar-refractivity contribution in [2.24, 2.45) is 0 Å². The number of anilines is 3. The Hall–Kier alpha value is -3.08. The molecule has 0 radical (unpaired) electrons. The van der Waals surface area contributed by atoms with Crippen LogP contribution in [0.4, 0.5) is 17.2 Å². The van der Waals surface area contributed by atoms with E-state index in [4.69, 9.17) is 4.42 Å². The van der Waals surface area contributed by atoms with Gasteiger partial charge in [-0.25, -0.2) is 4.98 Å². The fourth-order valence-electron chi connectivity index (χ4n) is 2.24. The molecule has 0 aliphatic rings. The van der Waals surface area contributed by atoms with E-state index < -0.39 is 0 Å². The van der Waals surface area contributed by atoms with Gasteiger partial charge in [0.25, 0.3) is 5.91 Å². The Morgan fingerprint density at radius 2 is 1.79 bits per heavy atom. The Bertz CT molecular complexity index is 792. The van der Waals surface area contributed by atoms with Gasteiger partial charge in [0.15, 0.2) is 5.76 Å². The van der Waals surface area contributed by atoms with E-state index >= 15 is 0 Å². The fraction of sp³-hybridized carbons (Fsp3) is 0.158. The van der Waals surface area contributed by atoms with Crippen molar-refractivity contribution < 1.29 is 9.21 Å². The second kappa shape index (κ2) is 7.00. The number of hydrogen-bond donors (Lipinski definition) is 2. The van der Waals surface area contributed by atoms with E-state index in [9.17, 15) is 4.79 Å². The summed E-state index contributed by atoms with van der Waals surface area (Å²) in [6, 6.07) is 15.2. The van der Waals surface area contributed by atoms with Gasteiger partial charge in [0.05, 0.1) is 18.1 Å². The summed E-state index contributed by atoms with van der Waals surface area (Å²) in [6.45, 7) is 4.33. The maximum atomic E-state index is 11.9. The lowest BCUT2D eigenvalue weighted by Crippen LogP contribution is -2.11. The van der Waals surface area contributed by atoms with E-state index in [1.54, 1.807) is 24.4 Å². The third kappa shape index (κ3) is 3.81. The van der Waals surface area contributed by atoms with Crippen LogP contribution in [0.5, 0.6) is 0 Å². The molecular weight excluding hydrogens is 302 g/mol. The molecule has 0 aliphatic heterocycles. The molecular formula is C19H19N3O2. The molecule has 2 aromatic heterocycles. The van der Waals surface area contributed by atoms with Crippen molar-refractivity contribution in [2.75, 3.05) is 10.6 Å². The summed E-state index contributed by atoms with van der Waals surface area (Å²) in [6.07, 6.45) is 3.07. The number of nitrogens with zero attached hydrogens (tertiary/aromatic N) is 1. The highest BCUT2D eigenvalue weighted by molar-refractivity contribution is 6.02. The van der Waals surface area contributed by atoms with Crippen molar-refractivity contribution in [3.8, 4) is 0 Å². The predicted molar refractivity (Wildman–Crippen MR) is 94.7 cm³/mol. The normalized spacial score (nSPS) is 10.6. The van der Waals surface area contributed by atoms with Crippen molar-refractivity contribution in [3.63, 3.8) is 0 Å². The molecule has 0 atom stereocenters. The number of pyridine rings is 1. The molecule has 0 saturated heterocycles. The lowest BCUT2D eigenvalue weighted by atomic mass is 10.0. The Morgan fingerprint density at radius 1 is 1.04 bits per heavy atom. The monoisotopic (exact) mass is 321 g/mol. The molecule has 0 bridgehead atoms. The van der Waals surface area contributed by atoms with Crippen LogP contribution in [-0.4, -0.2) is 10.9 Å². The Kier molecular flexibility index (Phi) is 4.61. The van der Waals surface area contributed by atoms with Gasteiger partial charge >= 0.3 is 0 Å². The van der Waals surface area contributed by atoms with Crippen molar-refractivity contribution in [2.45, 2.75) is 19.8 Å². The van der Waals surface area contributed by atoms with E-state index in [1.165, 1.54) is 11.8 Å². The number of furan rings is 1. The van der Waals surface area contributed by atoms with Crippen LogP contribution >= 0.6 is 0 Å². The van der Waals surface area contributed by atoms with Gasteiger partial charge in [0.2, 0.25) is 0 Å². The second-order valence-corrected chi connectivity index (χ2v) is 5.77. The number of nitrogens with one attached hydrogen (secondary N) is 2. The minimum atomic E-state index is -0.299. The molecule has 0 fully saturated rings. The zero-order valence-electron chi connectivity index (χ0n) is 13.6. The number of carbonyl (C=O) groups is 1. The van der Waals surface area contributed by atoms with E-state index in [0.717, 1.165) is 5.69 Å². The highest BCUT2D eigenvalue weighted by Gasteiger charge is 2.08. The minimum Gasteiger partial charge on any atom is -0.459 e. The van der Waals surface area contributed by atoms with Crippen LogP contribution < -0.4 is 10.6 Å². The zero-order valence-corrected chi connectivity index (χ0v) is 13.6. The first-order valence-corrected chi connectivity index (χ1v) is 7.80. The summed E-state index contributed by atoms with van der Waals surface area (Å²) < 4.78 is 5.05. The SMILES string of the molecule is CC(C)c1ccc(Nc2ccc(NC(=O)c3ccco3)cn2)cc1. The van der Waals surface area contributed by atoms with Gasteiger partial charge in [-0.1, -0.05) is 26.0 Å². The van der Waals surface area contributed by atoms with Crippen molar-refractivity contribution in [1.82, 2.24) is 4.98 Å². The zero-order chi connectivity index (χ0) is 16.9. The van der Waals surface area contributed by atoms with Gasteiger partial charge in [-0.15, -0.1) is 0 Å². The van der Waals surface area contributed by atoms with E-state index in [2.05, 4.69) is 41.6 Å². The number of hydrogen-bond acceptors (Lipinski definition) is 4. The fourth-order valence-corrected chi connectivity index (χ4v) is 2.24. The lowest BCUT2D eigenvalue weighted by Gasteiger charge is -2.09. The first-order valence-electron chi connectivity index (χ1n) is 7.80. The quantitative estimate of drug-likeness (QED) is 0.708. The van der Waals surface area contributed by atoms with Crippen LogP contribution in [0.3, 0.4) is 0 Å². The van der Waals surface area contributed by atoms with Crippen LogP contribution in [0, 0.1) is 0 Å². The number of carbonyl (C=O) groups excluding carboxylic acids is 1. The highest BCUT2D eigenvalue weighted by atomic mass is 16.3. The third-order valence-corrected chi connectivity index (χ3v) is 3.62. The molecule has 3 aromatic rings. The largest absolute Gasteiger partial charge is 0.459 e. The van der Waals surface area contributed by atoms with Gasteiger partial charge in [-0.05, 0) is 47.9 Å². The van der Waals surface area contributed by atoms with Crippen molar-refractivity contribution >= 4 is 23.1 Å². The predicted octanol–water partition coefficient (Wildman–Crippen LogP) is 4.79. The minimum absolute atomic E-state index is 0.266. The number of amides is 1. The summed E-state index contributed by atoms with van der Waals surface area (Å²) in [5.41, 5.74) is 2.88. The molecule has 24 heavy (non-hydrogen) atoms. The molecule has 0 aliphatic carbocycles. The Morgan fingerprint density at radius 3 is 2.38 bits per heavy atom. The van der Waals surface area contributed by atoms with Crippen LogP contribution in [-0.2, 0) is 0 Å². The average molecular weight is 321 g/mol. The third-order valence-electron chi connectivity index (χ3n) is 3.62. The number of aromatic nitrogens is 1. The van der Waals surface area contributed by atoms with E-state index in [-0.39, 0.29) is 11.7 Å². The topological polar surface area (TPSA) is 67.2 Å². The van der Waals surface area contributed by atoms with Crippen LogP contribution in [0.1, 0.15) is 35.9 Å². The summed E-state index contributed by atoms with van der Waals surface area (Å²) in [5.74, 6) is 1.19. The molecule has 0 unspecified atom stereocenters. The van der Waals surface area contributed by atoms with Gasteiger partial charge in [-0.3, -0.25) is 4.79 Å². The number of benzene rings is 1. The van der Waals surface area contributed by atoms with Crippen LogP contribution in [0.15, 0.2) is 65.4 Å². The molecule has 0 saturated carbocycles. The van der Waals surface area contributed by atoms with Gasteiger partial charge in [-0.2, -0.15) is 0 Å². The molecule has 5 heteroatoms. The molecule has 122 valence electrons. The standard InChI is InChI=1S/C19H19N3O2/c1-13(2)14-5-7-15(8-6-14)21-18-10-9-16(12-20-18)22-19(23)17-4-3-11-24-17/h3-13H,1-2H3,(H,20,21)(H,22,23). The van der Waals surface area contributed by atoms with Crippen LogP contribution in [0.25, 0.3) is 0 Å². The molecule has 1 aromatic carbocycles. The van der Waals surface area contributed by atoms with Gasteiger partial charge < -0.3 is 15.1 Å². The summed E-state index contributed by atoms with van der Waals surface area (Å²) >= 11 is 0. The lowest BCUT2D eigenvalue weighted by molar-refractivity contribution is 0.0996. The first-order chi connectivity index (χ1) is 11.6. The molecule has 5 nitrogen and oxygen atoms in total. The van der Waals surface area contributed by atoms with E-state index in [0.29, 0.717) is 17.4 Å². The molecule has 2 heterocycles. The Balaban J connectivity index is 1.63. The Labute approximate surface area is 140 Å². The van der Waals surface area contributed by atoms with Gasteiger partial charge in [0.1, 0.15) is 5.82 Å². The summed E-state index contributed by atoms with van der Waals surface area (Å²) in [7, 11) is 0. The van der Waals surface area contributed by atoms with Gasteiger partial charge in [0, 0.05) is 5.69 Å². The summed E-state index contributed by atoms with van der Waals surface area (Å²) in [5, 5.41) is 5.97. The average Bonchev–Trinajstić information content (AvgIpc) is 3.12. The molecule has 3 rings (SSSR count).